The third kappa shape index (κ3) is 3.18. The second kappa shape index (κ2) is 7.32. The minimum Gasteiger partial charge on any atom is -0.459 e. The Bertz CT molecular complexity index is 614. The maximum atomic E-state index is 13.3. The van der Waals surface area contributed by atoms with Gasteiger partial charge in [-0.1, -0.05) is 49.6 Å². The van der Waals surface area contributed by atoms with Gasteiger partial charge in [-0.15, -0.1) is 0 Å². The lowest BCUT2D eigenvalue weighted by atomic mass is 9.75. The highest BCUT2D eigenvalue weighted by Crippen LogP contribution is 2.43. The van der Waals surface area contributed by atoms with Gasteiger partial charge in [0.1, 0.15) is 6.10 Å². The van der Waals surface area contributed by atoms with Crippen LogP contribution in [-0.4, -0.2) is 42.2 Å². The summed E-state index contributed by atoms with van der Waals surface area (Å²) in [4.78, 5) is 15.7. The first kappa shape index (κ1) is 18.0. The zero-order chi connectivity index (χ0) is 18.1. The van der Waals surface area contributed by atoms with E-state index in [4.69, 9.17) is 4.74 Å². The molecule has 142 valence electrons. The molecule has 2 saturated carbocycles. The molecule has 3 fully saturated rings. The van der Waals surface area contributed by atoms with Crippen LogP contribution < -0.4 is 0 Å². The van der Waals surface area contributed by atoms with Gasteiger partial charge in [0.25, 0.3) is 0 Å². The van der Waals surface area contributed by atoms with Crippen LogP contribution in [0.25, 0.3) is 0 Å². The van der Waals surface area contributed by atoms with Crippen molar-refractivity contribution in [2.24, 2.45) is 17.8 Å². The molecule has 1 saturated heterocycles. The molecule has 1 aliphatic heterocycles. The highest BCUT2D eigenvalue weighted by molar-refractivity contribution is 5.82. The molecule has 1 aromatic rings. The smallest absolute Gasteiger partial charge is 0.343 e. The molecular weight excluding hydrogens is 326 g/mol. The molecule has 4 nitrogen and oxygen atoms in total. The Morgan fingerprint density at radius 3 is 2.27 bits per heavy atom. The molecule has 4 heteroatoms. The summed E-state index contributed by atoms with van der Waals surface area (Å²) in [5, 5.41) is 11.6. The van der Waals surface area contributed by atoms with Crippen LogP contribution >= 0.6 is 0 Å². The minimum atomic E-state index is -1.50. The summed E-state index contributed by atoms with van der Waals surface area (Å²) in [6.45, 7) is 1.98. The first-order chi connectivity index (χ1) is 12.6. The molecule has 3 atom stereocenters. The standard InChI is InChI=1S/C22H31NO3/c1-23-14-16-8-7-9-17(15-23)20(16)26-21(24)22(25,19-12-5-6-13-19)18-10-3-2-4-11-18/h2-4,10-11,16-17,19-20,25H,5-9,12-15H2,1H3/t16?,17?,20?,22-/m1/s1. The van der Waals surface area contributed by atoms with Gasteiger partial charge in [-0.05, 0) is 38.3 Å². The number of rotatable bonds is 4. The fourth-order valence-electron chi connectivity index (χ4n) is 5.58. The summed E-state index contributed by atoms with van der Waals surface area (Å²) >= 11 is 0. The monoisotopic (exact) mass is 357 g/mol. The van der Waals surface area contributed by atoms with E-state index in [0.717, 1.165) is 51.6 Å². The largest absolute Gasteiger partial charge is 0.459 e. The van der Waals surface area contributed by atoms with E-state index < -0.39 is 11.6 Å². The third-order valence-corrected chi connectivity index (χ3v) is 6.89. The van der Waals surface area contributed by atoms with Gasteiger partial charge in [0.05, 0.1) is 0 Å². The number of esters is 1. The molecule has 0 spiro atoms. The van der Waals surface area contributed by atoms with Crippen molar-refractivity contribution >= 4 is 5.97 Å². The lowest BCUT2D eigenvalue weighted by molar-refractivity contribution is -0.191. The van der Waals surface area contributed by atoms with Gasteiger partial charge in [-0.25, -0.2) is 4.79 Å². The molecular formula is C22H31NO3. The number of piperidine rings is 1. The maximum Gasteiger partial charge on any atom is 0.343 e. The fourth-order valence-corrected chi connectivity index (χ4v) is 5.58. The number of ether oxygens (including phenoxy) is 1. The van der Waals surface area contributed by atoms with Crippen molar-refractivity contribution in [1.29, 1.82) is 0 Å². The molecule has 1 heterocycles. The van der Waals surface area contributed by atoms with Gasteiger partial charge in [0.15, 0.2) is 5.60 Å². The summed E-state index contributed by atoms with van der Waals surface area (Å²) in [5.74, 6) is 0.352. The summed E-state index contributed by atoms with van der Waals surface area (Å²) < 4.78 is 6.12. The number of carbonyl (C=O) groups excluding carboxylic acids is 1. The van der Waals surface area contributed by atoms with E-state index in [1.165, 1.54) is 6.42 Å². The van der Waals surface area contributed by atoms with Crippen molar-refractivity contribution in [2.45, 2.75) is 56.7 Å². The van der Waals surface area contributed by atoms with Gasteiger partial charge in [0.2, 0.25) is 0 Å². The van der Waals surface area contributed by atoms with Crippen LogP contribution in [0.4, 0.5) is 0 Å². The third-order valence-electron chi connectivity index (χ3n) is 6.89. The van der Waals surface area contributed by atoms with Crippen molar-refractivity contribution < 1.29 is 14.6 Å². The Morgan fingerprint density at radius 2 is 1.65 bits per heavy atom. The van der Waals surface area contributed by atoms with Crippen molar-refractivity contribution in [3.63, 3.8) is 0 Å². The van der Waals surface area contributed by atoms with E-state index in [1.54, 1.807) is 0 Å². The number of fused-ring (bicyclic) bond motifs is 2. The fraction of sp³-hybridized carbons (Fsp3) is 0.682. The van der Waals surface area contributed by atoms with Crippen molar-refractivity contribution in [3.05, 3.63) is 35.9 Å². The van der Waals surface area contributed by atoms with Gasteiger partial charge in [-0.2, -0.15) is 0 Å². The molecule has 0 amide bonds. The number of hydrogen-bond donors (Lipinski definition) is 1. The zero-order valence-electron chi connectivity index (χ0n) is 15.8. The maximum absolute atomic E-state index is 13.3. The first-order valence-electron chi connectivity index (χ1n) is 10.3. The molecule has 2 bridgehead atoms. The molecule has 3 aliphatic rings. The molecule has 1 N–H and O–H groups in total. The molecule has 4 rings (SSSR count). The van der Waals surface area contributed by atoms with Gasteiger partial charge in [-0.3, -0.25) is 0 Å². The molecule has 0 radical (unpaired) electrons. The zero-order valence-corrected chi connectivity index (χ0v) is 15.8. The Kier molecular flexibility index (Phi) is 5.07. The topological polar surface area (TPSA) is 49.8 Å². The van der Waals surface area contributed by atoms with Crippen molar-refractivity contribution in [2.75, 3.05) is 20.1 Å². The average molecular weight is 357 g/mol. The second-order valence-electron chi connectivity index (χ2n) is 8.66. The predicted octanol–water partition coefficient (Wildman–Crippen LogP) is 3.34. The second-order valence-corrected chi connectivity index (χ2v) is 8.66. The SMILES string of the molecule is CN1CC2CCCC(C1)C2OC(=O)[C@@](O)(c1ccccc1)C1CCCC1. The van der Waals surface area contributed by atoms with Crippen LogP contribution in [0.5, 0.6) is 0 Å². The molecule has 1 aromatic carbocycles. The van der Waals surface area contributed by atoms with Gasteiger partial charge in [0, 0.05) is 30.8 Å². The molecule has 2 unspecified atom stereocenters. The van der Waals surface area contributed by atoms with Crippen LogP contribution in [0.15, 0.2) is 30.3 Å². The Morgan fingerprint density at radius 1 is 1.04 bits per heavy atom. The Hall–Kier alpha value is -1.39. The number of hydrogen-bond acceptors (Lipinski definition) is 4. The lowest BCUT2D eigenvalue weighted by Gasteiger charge is -2.46. The summed E-state index contributed by atoms with van der Waals surface area (Å²) in [7, 11) is 2.15. The molecule has 0 aromatic heterocycles. The van der Waals surface area contributed by atoms with Crippen LogP contribution in [0.3, 0.4) is 0 Å². The van der Waals surface area contributed by atoms with E-state index in [0.29, 0.717) is 17.4 Å². The van der Waals surface area contributed by atoms with E-state index >= 15 is 0 Å². The highest BCUT2D eigenvalue weighted by Gasteiger charge is 2.50. The number of benzene rings is 1. The summed E-state index contributed by atoms with van der Waals surface area (Å²) in [5.41, 5.74) is -0.815. The van der Waals surface area contributed by atoms with Crippen LogP contribution in [0.1, 0.15) is 50.5 Å². The number of aliphatic hydroxyl groups is 1. The van der Waals surface area contributed by atoms with Crippen molar-refractivity contribution in [3.8, 4) is 0 Å². The van der Waals surface area contributed by atoms with Gasteiger partial charge >= 0.3 is 5.97 Å². The van der Waals surface area contributed by atoms with Crippen molar-refractivity contribution in [1.82, 2.24) is 4.90 Å². The van der Waals surface area contributed by atoms with Crippen LogP contribution in [-0.2, 0) is 15.1 Å². The van der Waals surface area contributed by atoms with Crippen LogP contribution in [0, 0.1) is 17.8 Å². The Balaban J connectivity index is 1.59. The van der Waals surface area contributed by atoms with Gasteiger partial charge < -0.3 is 14.7 Å². The van der Waals surface area contributed by atoms with E-state index in [9.17, 15) is 9.90 Å². The van der Waals surface area contributed by atoms with E-state index in [2.05, 4.69) is 11.9 Å². The Labute approximate surface area is 156 Å². The lowest BCUT2D eigenvalue weighted by Crippen LogP contribution is -2.54. The average Bonchev–Trinajstić information content (AvgIpc) is 3.17. The molecule has 26 heavy (non-hydrogen) atoms. The summed E-state index contributed by atoms with van der Waals surface area (Å²) in [6, 6.07) is 9.45. The highest BCUT2D eigenvalue weighted by atomic mass is 16.6. The van der Waals surface area contributed by atoms with E-state index in [-0.39, 0.29) is 12.0 Å². The predicted molar refractivity (Wildman–Crippen MR) is 101 cm³/mol. The number of likely N-dealkylation sites (tertiary alicyclic amines) is 1. The minimum absolute atomic E-state index is 0.0379. The van der Waals surface area contributed by atoms with Crippen LogP contribution in [0.2, 0.25) is 0 Å². The van der Waals surface area contributed by atoms with E-state index in [1.807, 2.05) is 30.3 Å². The first-order valence-corrected chi connectivity index (χ1v) is 10.3. The molecule has 2 aliphatic carbocycles. The summed E-state index contributed by atoms with van der Waals surface area (Å²) in [6.07, 6.45) is 7.35. The number of nitrogens with zero attached hydrogens (tertiary/aromatic N) is 1. The normalized spacial score (nSPS) is 32.2. The number of carbonyl (C=O) groups is 1. The quantitative estimate of drug-likeness (QED) is 0.840.